The van der Waals surface area contributed by atoms with Gasteiger partial charge in [0.15, 0.2) is 5.75 Å². The molecular weight excluding hydrogens is 243 g/mol. The number of hydrogen-bond acceptors (Lipinski definition) is 2. The molecule has 0 saturated heterocycles. The van der Waals surface area contributed by atoms with Crippen molar-refractivity contribution in [2.24, 2.45) is 0 Å². The van der Waals surface area contributed by atoms with Gasteiger partial charge in [0.05, 0.1) is 11.6 Å². The molecular formula is C8H6BrClO2. The number of aromatic hydroxyl groups is 1. The Labute approximate surface area is 83.2 Å². The van der Waals surface area contributed by atoms with Crippen molar-refractivity contribution in [3.05, 3.63) is 21.1 Å². The number of ether oxygens (including phenoxy) is 1. The molecule has 4 heteroatoms. The normalized spacial score (nSPS) is 14.2. The van der Waals surface area contributed by atoms with Gasteiger partial charge in [0.25, 0.3) is 0 Å². The molecule has 2 nitrogen and oxygen atoms in total. The Kier molecular flexibility index (Phi) is 1.93. The first-order chi connectivity index (χ1) is 5.70. The number of fused-ring (bicyclic) bond motifs is 1. The fourth-order valence-electron chi connectivity index (χ4n) is 1.25. The van der Waals surface area contributed by atoms with E-state index in [1.165, 1.54) is 0 Å². The molecule has 0 fully saturated rings. The van der Waals surface area contributed by atoms with Gasteiger partial charge in [-0.25, -0.2) is 0 Å². The van der Waals surface area contributed by atoms with Crippen LogP contribution in [0.3, 0.4) is 0 Å². The molecule has 0 atom stereocenters. The maximum absolute atomic E-state index is 9.41. The van der Waals surface area contributed by atoms with Crippen molar-refractivity contribution >= 4 is 27.5 Å². The summed E-state index contributed by atoms with van der Waals surface area (Å²) in [5.74, 6) is 0.772. The Hall–Kier alpha value is -0.410. The maximum Gasteiger partial charge on any atom is 0.152 e. The largest absolute Gasteiger partial charge is 0.505 e. The summed E-state index contributed by atoms with van der Waals surface area (Å²) >= 11 is 8.98. The SMILES string of the molecule is Oc1c(Cl)cc2c(c1Br)OCC2. The number of benzene rings is 1. The van der Waals surface area contributed by atoms with Crippen molar-refractivity contribution in [2.45, 2.75) is 6.42 Å². The molecule has 1 aliphatic rings. The van der Waals surface area contributed by atoms with Gasteiger partial charge in [-0.15, -0.1) is 0 Å². The van der Waals surface area contributed by atoms with Gasteiger partial charge >= 0.3 is 0 Å². The van der Waals surface area contributed by atoms with Gasteiger partial charge in [-0.3, -0.25) is 0 Å². The second-order valence-corrected chi connectivity index (χ2v) is 3.81. The topological polar surface area (TPSA) is 29.5 Å². The molecule has 0 amide bonds. The van der Waals surface area contributed by atoms with Crippen molar-refractivity contribution in [1.29, 1.82) is 0 Å². The molecule has 1 heterocycles. The summed E-state index contributed by atoms with van der Waals surface area (Å²) in [7, 11) is 0. The Morgan fingerprint density at radius 3 is 3.08 bits per heavy atom. The van der Waals surface area contributed by atoms with Crippen LogP contribution in [-0.2, 0) is 6.42 Å². The summed E-state index contributed by atoms with van der Waals surface area (Å²) in [6.07, 6.45) is 0.855. The van der Waals surface area contributed by atoms with Gasteiger partial charge in [-0.2, -0.15) is 0 Å². The standard InChI is InChI=1S/C8H6BrClO2/c9-6-7(11)5(10)3-4-1-2-12-8(4)6/h3,11H,1-2H2. The van der Waals surface area contributed by atoms with Crippen LogP contribution in [0.2, 0.25) is 5.02 Å². The molecule has 0 radical (unpaired) electrons. The second kappa shape index (κ2) is 2.82. The predicted octanol–water partition coefficient (Wildman–Crippen LogP) is 2.74. The third-order valence-electron chi connectivity index (χ3n) is 1.84. The fourth-order valence-corrected chi connectivity index (χ4v) is 2.17. The van der Waals surface area contributed by atoms with Crippen LogP contribution in [0.5, 0.6) is 11.5 Å². The van der Waals surface area contributed by atoms with E-state index in [0.717, 1.165) is 17.7 Å². The molecule has 1 aliphatic heterocycles. The lowest BCUT2D eigenvalue weighted by Gasteiger charge is -2.05. The van der Waals surface area contributed by atoms with Crippen LogP contribution >= 0.6 is 27.5 Å². The molecule has 0 spiro atoms. The van der Waals surface area contributed by atoms with Crippen molar-refractivity contribution in [1.82, 2.24) is 0 Å². The van der Waals surface area contributed by atoms with Crippen LogP contribution in [0.15, 0.2) is 10.5 Å². The lowest BCUT2D eigenvalue weighted by Crippen LogP contribution is -1.86. The molecule has 0 aromatic heterocycles. The highest BCUT2D eigenvalue weighted by atomic mass is 79.9. The number of phenols is 1. The molecule has 0 bridgehead atoms. The fraction of sp³-hybridized carbons (Fsp3) is 0.250. The van der Waals surface area contributed by atoms with Gasteiger partial charge in [0, 0.05) is 12.0 Å². The number of phenolic OH excluding ortho intramolecular Hbond substituents is 1. The highest BCUT2D eigenvalue weighted by Gasteiger charge is 2.20. The number of rotatable bonds is 0. The zero-order valence-corrected chi connectivity index (χ0v) is 8.44. The predicted molar refractivity (Wildman–Crippen MR) is 50.0 cm³/mol. The highest BCUT2D eigenvalue weighted by Crippen LogP contribution is 2.43. The van der Waals surface area contributed by atoms with Crippen LogP contribution in [-0.4, -0.2) is 11.7 Å². The van der Waals surface area contributed by atoms with Crippen molar-refractivity contribution < 1.29 is 9.84 Å². The third kappa shape index (κ3) is 1.08. The van der Waals surface area contributed by atoms with E-state index in [-0.39, 0.29) is 5.75 Å². The van der Waals surface area contributed by atoms with E-state index in [9.17, 15) is 5.11 Å². The Morgan fingerprint density at radius 2 is 2.33 bits per heavy atom. The maximum atomic E-state index is 9.41. The van der Waals surface area contributed by atoms with E-state index in [1.807, 2.05) is 0 Å². The van der Waals surface area contributed by atoms with Crippen LogP contribution in [0.4, 0.5) is 0 Å². The zero-order chi connectivity index (χ0) is 8.72. The van der Waals surface area contributed by atoms with Crippen molar-refractivity contribution in [2.75, 3.05) is 6.61 Å². The summed E-state index contributed by atoms with van der Waals surface area (Å²) in [6.45, 7) is 0.660. The molecule has 12 heavy (non-hydrogen) atoms. The van der Waals surface area contributed by atoms with Crippen LogP contribution in [0, 0.1) is 0 Å². The van der Waals surface area contributed by atoms with Gasteiger partial charge in [-0.1, -0.05) is 11.6 Å². The minimum Gasteiger partial charge on any atom is -0.505 e. The number of hydrogen-bond donors (Lipinski definition) is 1. The van der Waals surface area contributed by atoms with E-state index in [2.05, 4.69) is 15.9 Å². The van der Waals surface area contributed by atoms with Gasteiger partial charge in [0.2, 0.25) is 0 Å². The molecule has 1 aromatic rings. The highest BCUT2D eigenvalue weighted by molar-refractivity contribution is 9.10. The number of halogens is 2. The summed E-state index contributed by atoms with van der Waals surface area (Å²) in [6, 6.07) is 1.74. The average molecular weight is 249 g/mol. The minimum atomic E-state index is 0.0531. The first kappa shape index (κ1) is 8.20. The Morgan fingerprint density at radius 1 is 1.58 bits per heavy atom. The van der Waals surface area contributed by atoms with Crippen molar-refractivity contribution in [3.8, 4) is 11.5 Å². The molecule has 0 aliphatic carbocycles. The first-order valence-corrected chi connectivity index (χ1v) is 4.70. The van der Waals surface area contributed by atoms with E-state index < -0.39 is 0 Å². The quantitative estimate of drug-likeness (QED) is 0.766. The lowest BCUT2D eigenvalue weighted by molar-refractivity contribution is 0.352. The molecule has 1 aromatic carbocycles. The lowest BCUT2D eigenvalue weighted by atomic mass is 10.2. The van der Waals surface area contributed by atoms with Crippen LogP contribution in [0.1, 0.15) is 5.56 Å². The molecule has 64 valence electrons. The summed E-state index contributed by atoms with van der Waals surface area (Å²) < 4.78 is 5.86. The molecule has 2 rings (SSSR count). The van der Waals surface area contributed by atoms with Crippen LogP contribution in [0.25, 0.3) is 0 Å². The molecule has 1 N–H and O–H groups in total. The van der Waals surface area contributed by atoms with Crippen molar-refractivity contribution in [3.63, 3.8) is 0 Å². The van der Waals surface area contributed by atoms with E-state index >= 15 is 0 Å². The van der Waals surface area contributed by atoms with E-state index in [4.69, 9.17) is 16.3 Å². The average Bonchev–Trinajstić information content (AvgIpc) is 2.48. The van der Waals surface area contributed by atoms with Crippen LogP contribution < -0.4 is 4.74 Å². The van der Waals surface area contributed by atoms with E-state index in [1.54, 1.807) is 6.07 Å². The third-order valence-corrected chi connectivity index (χ3v) is 2.87. The summed E-state index contributed by atoms with van der Waals surface area (Å²) in [4.78, 5) is 0. The van der Waals surface area contributed by atoms with E-state index in [0.29, 0.717) is 16.1 Å². The monoisotopic (exact) mass is 248 g/mol. The minimum absolute atomic E-state index is 0.0531. The Bertz CT molecular complexity index is 338. The Balaban J connectivity index is 2.67. The zero-order valence-electron chi connectivity index (χ0n) is 6.10. The van der Waals surface area contributed by atoms with Gasteiger partial charge in [0.1, 0.15) is 10.2 Å². The van der Waals surface area contributed by atoms with Gasteiger partial charge < -0.3 is 9.84 Å². The van der Waals surface area contributed by atoms with Gasteiger partial charge in [-0.05, 0) is 22.0 Å². The first-order valence-electron chi connectivity index (χ1n) is 3.53. The second-order valence-electron chi connectivity index (χ2n) is 2.61. The summed E-state index contributed by atoms with van der Waals surface area (Å²) in [5.41, 5.74) is 1.05. The smallest absolute Gasteiger partial charge is 0.152 e. The molecule has 0 saturated carbocycles. The molecule has 0 unspecified atom stereocenters. The summed E-state index contributed by atoms with van der Waals surface area (Å²) in [5, 5.41) is 9.78.